The Hall–Kier alpha value is -1.94. The van der Waals surface area contributed by atoms with Crippen LogP contribution in [0.4, 0.5) is 0 Å². The van der Waals surface area contributed by atoms with Gasteiger partial charge in [0.1, 0.15) is 18.1 Å². The first kappa shape index (κ1) is 22.3. The van der Waals surface area contributed by atoms with Gasteiger partial charge in [0.15, 0.2) is 0 Å². The van der Waals surface area contributed by atoms with Gasteiger partial charge in [0, 0.05) is 45.2 Å². The van der Waals surface area contributed by atoms with Gasteiger partial charge in [-0.2, -0.15) is 0 Å². The van der Waals surface area contributed by atoms with Gasteiger partial charge in [0.2, 0.25) is 11.8 Å². The lowest BCUT2D eigenvalue weighted by Gasteiger charge is -2.37. The number of furan rings is 1. The number of nitrogens with one attached hydrogen (secondary N) is 2. The molecule has 0 radical (unpaired) electrons. The number of hydrogen-bond donors (Lipinski definition) is 3. The van der Waals surface area contributed by atoms with Crippen molar-refractivity contribution in [3.05, 3.63) is 23.7 Å². The number of ether oxygens (including phenoxy) is 1. The second kappa shape index (κ2) is 10.1. The average Bonchev–Trinajstić information content (AvgIpc) is 3.51. The van der Waals surface area contributed by atoms with Crippen LogP contribution < -0.4 is 10.6 Å². The first-order valence-corrected chi connectivity index (χ1v) is 11.3. The van der Waals surface area contributed by atoms with E-state index in [0.717, 1.165) is 44.5 Å². The number of aliphatic hydroxyl groups is 1. The summed E-state index contributed by atoms with van der Waals surface area (Å²) in [5.74, 6) is 1.60. The molecule has 3 saturated heterocycles. The van der Waals surface area contributed by atoms with Gasteiger partial charge in [-0.15, -0.1) is 0 Å². The van der Waals surface area contributed by atoms with Crippen LogP contribution in [0.2, 0.25) is 0 Å². The zero-order chi connectivity index (χ0) is 21.8. The molecular formula is C22H34N4O5. The largest absolute Gasteiger partial charge is 0.462 e. The van der Waals surface area contributed by atoms with Crippen molar-refractivity contribution in [1.29, 1.82) is 0 Å². The Morgan fingerprint density at radius 2 is 2.19 bits per heavy atom. The number of nitrogens with zero attached hydrogens (tertiary/aromatic N) is 2. The van der Waals surface area contributed by atoms with Crippen molar-refractivity contribution < 1.29 is 23.8 Å². The highest BCUT2D eigenvalue weighted by molar-refractivity contribution is 5.83. The van der Waals surface area contributed by atoms with E-state index in [1.807, 2.05) is 11.0 Å². The molecule has 3 aliphatic rings. The van der Waals surface area contributed by atoms with Gasteiger partial charge < -0.3 is 29.8 Å². The lowest BCUT2D eigenvalue weighted by molar-refractivity contribution is -0.133. The Balaban J connectivity index is 1.29. The maximum Gasteiger partial charge on any atom is 0.237 e. The quantitative estimate of drug-likeness (QED) is 0.510. The molecule has 0 saturated carbocycles. The summed E-state index contributed by atoms with van der Waals surface area (Å²) in [5, 5.41) is 15.6. The van der Waals surface area contributed by atoms with Crippen molar-refractivity contribution >= 4 is 11.8 Å². The summed E-state index contributed by atoms with van der Waals surface area (Å²) in [5.41, 5.74) is 0. The van der Waals surface area contributed by atoms with Crippen LogP contribution in [-0.2, 0) is 27.5 Å². The molecule has 3 fully saturated rings. The third-order valence-corrected chi connectivity index (χ3v) is 6.81. The number of carbonyl (C=O) groups excluding carboxylic acids is 2. The van der Waals surface area contributed by atoms with E-state index in [1.165, 1.54) is 0 Å². The molecule has 4 heterocycles. The second-order valence-corrected chi connectivity index (χ2v) is 8.83. The topological polar surface area (TPSA) is 107 Å². The summed E-state index contributed by atoms with van der Waals surface area (Å²) in [7, 11) is 1.68. The van der Waals surface area contributed by atoms with Gasteiger partial charge in [-0.1, -0.05) is 0 Å². The van der Waals surface area contributed by atoms with E-state index < -0.39 is 0 Å². The van der Waals surface area contributed by atoms with E-state index in [-0.39, 0.29) is 42.6 Å². The lowest BCUT2D eigenvalue weighted by Crippen LogP contribution is -2.58. The van der Waals surface area contributed by atoms with E-state index in [9.17, 15) is 9.59 Å². The molecule has 4 rings (SSSR count). The number of carbonyl (C=O) groups is 2. The third kappa shape index (κ3) is 5.11. The van der Waals surface area contributed by atoms with Gasteiger partial charge in [-0.3, -0.25) is 14.5 Å². The van der Waals surface area contributed by atoms with Crippen molar-refractivity contribution in [3.63, 3.8) is 0 Å². The summed E-state index contributed by atoms with van der Waals surface area (Å²) in [4.78, 5) is 29.5. The molecule has 2 amide bonds. The van der Waals surface area contributed by atoms with Crippen molar-refractivity contribution in [2.45, 2.75) is 69.4 Å². The smallest absolute Gasteiger partial charge is 0.237 e. The predicted octanol–water partition coefficient (Wildman–Crippen LogP) is 0.220. The molecular weight excluding hydrogens is 400 g/mol. The van der Waals surface area contributed by atoms with Crippen LogP contribution >= 0.6 is 0 Å². The Bertz CT molecular complexity index is 769. The third-order valence-electron chi connectivity index (χ3n) is 6.81. The fourth-order valence-corrected chi connectivity index (χ4v) is 5.20. The Morgan fingerprint density at radius 1 is 1.35 bits per heavy atom. The standard InChI is InChI=1S/C22H34N4O5/c1-30-14-17-3-2-8-25(17)21(28)7-4-16-10-24-22(29)20-9-15(12-26(16)20)23-11-18-5-6-19(13-27)31-18/h5-6,15-17,20,23,27H,2-4,7-14H2,1H3,(H,24,29)/t15-,16-,17-,20+/m0/s1. The van der Waals surface area contributed by atoms with Crippen LogP contribution in [-0.4, -0.2) is 84.2 Å². The SMILES string of the molecule is COC[C@@H]1CCCN1C(=O)CC[C@H]1CNC(=O)[C@H]2C[C@H](NCc3ccc(CO)o3)CN12. The highest BCUT2D eigenvalue weighted by Gasteiger charge is 2.43. The van der Waals surface area contributed by atoms with Crippen LogP contribution in [0.25, 0.3) is 0 Å². The number of piperazine rings is 1. The van der Waals surface area contributed by atoms with Crippen molar-refractivity contribution in [1.82, 2.24) is 20.4 Å². The molecule has 0 unspecified atom stereocenters. The fourth-order valence-electron chi connectivity index (χ4n) is 5.20. The number of hydrogen-bond acceptors (Lipinski definition) is 7. The van der Waals surface area contributed by atoms with Gasteiger partial charge in [0.25, 0.3) is 0 Å². The maximum atomic E-state index is 12.8. The Kier molecular flexibility index (Phi) is 7.27. The van der Waals surface area contributed by atoms with Gasteiger partial charge in [-0.25, -0.2) is 0 Å². The van der Waals surface area contributed by atoms with Gasteiger partial charge >= 0.3 is 0 Å². The zero-order valence-corrected chi connectivity index (χ0v) is 18.2. The molecule has 1 aromatic heterocycles. The average molecular weight is 435 g/mol. The maximum absolute atomic E-state index is 12.8. The molecule has 4 atom stereocenters. The van der Waals surface area contributed by atoms with Crippen LogP contribution in [0.5, 0.6) is 0 Å². The van der Waals surface area contributed by atoms with Crippen LogP contribution in [0.3, 0.4) is 0 Å². The molecule has 0 aliphatic carbocycles. The van der Waals surface area contributed by atoms with Crippen molar-refractivity contribution in [3.8, 4) is 0 Å². The summed E-state index contributed by atoms with van der Waals surface area (Å²) in [6.07, 6.45) is 4.03. The molecule has 1 aromatic rings. The highest BCUT2D eigenvalue weighted by Crippen LogP contribution is 2.27. The van der Waals surface area contributed by atoms with Crippen molar-refractivity contribution in [2.24, 2.45) is 0 Å². The summed E-state index contributed by atoms with van der Waals surface area (Å²) < 4.78 is 10.8. The highest BCUT2D eigenvalue weighted by atomic mass is 16.5. The molecule has 3 N–H and O–H groups in total. The van der Waals surface area contributed by atoms with Crippen LogP contribution in [0.1, 0.15) is 43.6 Å². The number of aliphatic hydroxyl groups excluding tert-OH is 1. The van der Waals surface area contributed by atoms with Crippen LogP contribution in [0, 0.1) is 0 Å². The monoisotopic (exact) mass is 434 g/mol. The van der Waals surface area contributed by atoms with E-state index >= 15 is 0 Å². The van der Waals surface area contributed by atoms with Crippen LogP contribution in [0.15, 0.2) is 16.5 Å². The minimum atomic E-state index is -0.149. The van der Waals surface area contributed by atoms with E-state index in [1.54, 1.807) is 13.2 Å². The van der Waals surface area contributed by atoms with E-state index in [4.69, 9.17) is 14.3 Å². The lowest BCUT2D eigenvalue weighted by atomic mass is 10.0. The molecule has 31 heavy (non-hydrogen) atoms. The number of likely N-dealkylation sites (tertiary alicyclic amines) is 1. The molecule has 0 spiro atoms. The minimum Gasteiger partial charge on any atom is -0.462 e. The zero-order valence-electron chi connectivity index (χ0n) is 18.2. The second-order valence-electron chi connectivity index (χ2n) is 8.83. The number of methoxy groups -OCH3 is 1. The molecule has 9 heteroatoms. The Morgan fingerprint density at radius 3 is 2.97 bits per heavy atom. The summed E-state index contributed by atoms with van der Waals surface area (Å²) >= 11 is 0. The minimum absolute atomic E-state index is 0.0761. The first-order valence-electron chi connectivity index (χ1n) is 11.3. The number of amides is 2. The first-order chi connectivity index (χ1) is 15.1. The molecule has 0 aromatic carbocycles. The Labute approximate surface area is 183 Å². The predicted molar refractivity (Wildman–Crippen MR) is 113 cm³/mol. The molecule has 3 aliphatic heterocycles. The normalized spacial score (nSPS) is 28.7. The van der Waals surface area contributed by atoms with Gasteiger partial charge in [-0.05, 0) is 37.8 Å². The molecule has 0 bridgehead atoms. The van der Waals surface area contributed by atoms with E-state index in [2.05, 4.69) is 15.5 Å². The summed E-state index contributed by atoms with van der Waals surface area (Å²) in [6, 6.07) is 4.03. The number of rotatable bonds is 9. The molecule has 9 nitrogen and oxygen atoms in total. The summed E-state index contributed by atoms with van der Waals surface area (Å²) in [6.45, 7) is 3.24. The van der Waals surface area contributed by atoms with Gasteiger partial charge in [0.05, 0.1) is 25.2 Å². The van der Waals surface area contributed by atoms with E-state index in [0.29, 0.717) is 31.9 Å². The number of fused-ring (bicyclic) bond motifs is 1. The molecule has 172 valence electrons. The van der Waals surface area contributed by atoms with Crippen molar-refractivity contribution in [2.75, 3.05) is 33.4 Å². The fraction of sp³-hybridized carbons (Fsp3) is 0.727.